The first kappa shape index (κ1) is 18.9. The van der Waals surface area contributed by atoms with E-state index >= 15 is 0 Å². The molecule has 1 aliphatic heterocycles. The summed E-state index contributed by atoms with van der Waals surface area (Å²) in [5, 5.41) is -0.354. The van der Waals surface area contributed by atoms with Crippen molar-refractivity contribution in [3.05, 3.63) is 34.3 Å². The average Bonchev–Trinajstić information content (AvgIpc) is 2.32. The molecule has 1 heterocycles. The van der Waals surface area contributed by atoms with Crippen LogP contribution in [0.5, 0.6) is 0 Å². The van der Waals surface area contributed by atoms with E-state index in [-0.39, 0.29) is 17.7 Å². The van der Waals surface area contributed by atoms with Crippen molar-refractivity contribution in [2.45, 2.75) is 45.3 Å². The topological polar surface area (TPSA) is 38.8 Å². The molecule has 0 bridgehead atoms. The van der Waals surface area contributed by atoms with Gasteiger partial charge < -0.3 is 14.4 Å². The fourth-order valence-corrected chi connectivity index (χ4v) is 2.42. The van der Waals surface area contributed by atoms with Gasteiger partial charge in [0, 0.05) is 0 Å². The van der Waals surface area contributed by atoms with E-state index in [0.29, 0.717) is 18.7 Å². The molecule has 0 N–H and O–H groups in total. The van der Waals surface area contributed by atoms with Crippen molar-refractivity contribution in [3.8, 4) is 0 Å². The maximum atomic E-state index is 12.6. The number of amides is 1. The van der Waals surface area contributed by atoms with Crippen LogP contribution in [-0.2, 0) is 22.3 Å². The summed E-state index contributed by atoms with van der Waals surface area (Å²) in [5.74, 6) is 0. The molecule has 134 valence electrons. The van der Waals surface area contributed by atoms with Crippen LogP contribution in [0.3, 0.4) is 0 Å². The van der Waals surface area contributed by atoms with E-state index in [4.69, 9.17) is 21.1 Å². The Morgan fingerprint density at radius 2 is 1.92 bits per heavy atom. The Bertz CT molecular complexity index is 608. The largest absolute Gasteiger partial charge is 0.444 e. The normalized spacial score (nSPS) is 16.0. The number of hydrogen-bond donors (Lipinski definition) is 0. The molecule has 1 amide bonds. The second kappa shape index (κ2) is 6.80. The quantitative estimate of drug-likeness (QED) is 0.792. The molecule has 0 spiro atoms. The number of nitrogens with zero attached hydrogens (tertiary/aromatic N) is 1. The van der Waals surface area contributed by atoms with Crippen molar-refractivity contribution >= 4 is 17.7 Å². The predicted molar refractivity (Wildman–Crippen MR) is 82.8 cm³/mol. The molecule has 1 aromatic rings. The summed E-state index contributed by atoms with van der Waals surface area (Å²) in [5.41, 5.74) is -0.878. The number of alkyl halides is 3. The van der Waals surface area contributed by atoms with Gasteiger partial charge in [-0.1, -0.05) is 17.7 Å². The van der Waals surface area contributed by atoms with Crippen molar-refractivity contribution in [2.24, 2.45) is 0 Å². The van der Waals surface area contributed by atoms with Crippen molar-refractivity contribution in [3.63, 3.8) is 0 Å². The van der Waals surface area contributed by atoms with Crippen molar-refractivity contribution in [1.29, 1.82) is 0 Å². The van der Waals surface area contributed by atoms with E-state index in [0.717, 1.165) is 6.07 Å². The molecule has 1 fully saturated rings. The number of ether oxygens (including phenoxy) is 2. The number of rotatable bonds is 3. The third-order valence-electron chi connectivity index (χ3n) is 3.32. The molecule has 8 heteroatoms. The summed E-state index contributed by atoms with van der Waals surface area (Å²) in [7, 11) is 0. The van der Waals surface area contributed by atoms with Gasteiger partial charge in [0.1, 0.15) is 5.60 Å². The first-order chi connectivity index (χ1) is 11.0. The van der Waals surface area contributed by atoms with Crippen LogP contribution in [0.1, 0.15) is 31.9 Å². The predicted octanol–water partition coefficient (Wildman–Crippen LogP) is 4.49. The Balaban J connectivity index is 1.80. The lowest BCUT2D eigenvalue weighted by Crippen LogP contribution is -2.55. The van der Waals surface area contributed by atoms with E-state index in [1.165, 1.54) is 17.0 Å². The molecule has 1 aromatic carbocycles. The fraction of sp³-hybridized carbons (Fsp3) is 0.562. The van der Waals surface area contributed by atoms with Crippen LogP contribution in [0, 0.1) is 0 Å². The van der Waals surface area contributed by atoms with Crippen LogP contribution in [0.15, 0.2) is 18.2 Å². The summed E-state index contributed by atoms with van der Waals surface area (Å²) in [4.78, 5) is 13.3. The van der Waals surface area contributed by atoms with Gasteiger partial charge in [-0.2, -0.15) is 13.2 Å². The summed E-state index contributed by atoms with van der Waals surface area (Å²) in [6, 6.07) is 3.52. The molecule has 4 nitrogen and oxygen atoms in total. The van der Waals surface area contributed by atoms with E-state index in [2.05, 4.69) is 0 Å². The van der Waals surface area contributed by atoms with Crippen LogP contribution < -0.4 is 0 Å². The molecule has 0 saturated carbocycles. The van der Waals surface area contributed by atoms with Crippen LogP contribution in [0.25, 0.3) is 0 Å². The first-order valence-electron chi connectivity index (χ1n) is 7.41. The molecule has 1 saturated heterocycles. The van der Waals surface area contributed by atoms with Crippen molar-refractivity contribution in [2.75, 3.05) is 13.1 Å². The maximum absolute atomic E-state index is 12.6. The molecule has 0 radical (unpaired) electrons. The Hall–Kier alpha value is -1.47. The number of carbonyl (C=O) groups is 1. The minimum atomic E-state index is -4.47. The smallest absolute Gasteiger partial charge is 0.417 e. The highest BCUT2D eigenvalue weighted by Gasteiger charge is 2.35. The van der Waals surface area contributed by atoms with Gasteiger partial charge in [0.15, 0.2) is 0 Å². The van der Waals surface area contributed by atoms with Gasteiger partial charge >= 0.3 is 12.3 Å². The lowest BCUT2D eigenvalue weighted by Gasteiger charge is -2.39. The van der Waals surface area contributed by atoms with E-state index in [1.807, 2.05) is 0 Å². The Morgan fingerprint density at radius 3 is 2.42 bits per heavy atom. The molecule has 2 rings (SSSR count). The van der Waals surface area contributed by atoms with Gasteiger partial charge in [-0.15, -0.1) is 0 Å². The Labute approximate surface area is 143 Å². The van der Waals surface area contributed by atoms with E-state index in [9.17, 15) is 18.0 Å². The number of halogens is 4. The van der Waals surface area contributed by atoms with Gasteiger partial charge in [-0.25, -0.2) is 4.79 Å². The van der Waals surface area contributed by atoms with Gasteiger partial charge in [-0.05, 0) is 38.5 Å². The molecular formula is C16H19ClF3NO3. The summed E-state index contributed by atoms with van der Waals surface area (Å²) in [6.45, 7) is 6.27. The summed E-state index contributed by atoms with van der Waals surface area (Å²) >= 11 is 5.66. The van der Waals surface area contributed by atoms with Crippen LogP contribution in [-0.4, -0.2) is 35.8 Å². The molecule has 0 atom stereocenters. The molecule has 0 aliphatic carbocycles. The highest BCUT2D eigenvalue weighted by Crippen LogP contribution is 2.35. The van der Waals surface area contributed by atoms with Crippen molar-refractivity contribution < 1.29 is 27.4 Å². The molecular weight excluding hydrogens is 347 g/mol. The minimum Gasteiger partial charge on any atom is -0.444 e. The zero-order valence-corrected chi connectivity index (χ0v) is 14.4. The maximum Gasteiger partial charge on any atom is 0.417 e. The number of likely N-dealkylation sites (tertiary alicyclic amines) is 1. The minimum absolute atomic E-state index is 0.130. The van der Waals surface area contributed by atoms with Gasteiger partial charge in [0.05, 0.1) is 36.4 Å². The number of carbonyl (C=O) groups excluding carboxylic acids is 1. The standard InChI is InChI=1S/C16H19ClF3NO3/c1-15(2,3)24-14(22)21-7-11(8-21)23-9-10-4-5-12(13(17)6-10)16(18,19)20/h4-6,11H,7-9H2,1-3H3. The second-order valence-corrected chi connectivity index (χ2v) is 7.04. The van der Waals surface area contributed by atoms with Gasteiger partial charge in [0.25, 0.3) is 0 Å². The highest BCUT2D eigenvalue weighted by atomic mass is 35.5. The number of hydrogen-bond acceptors (Lipinski definition) is 3. The van der Waals surface area contributed by atoms with Crippen LogP contribution in [0.4, 0.5) is 18.0 Å². The summed E-state index contributed by atoms with van der Waals surface area (Å²) in [6.07, 6.45) is -5.04. The van der Waals surface area contributed by atoms with E-state index in [1.54, 1.807) is 20.8 Å². The number of benzene rings is 1. The molecule has 24 heavy (non-hydrogen) atoms. The van der Waals surface area contributed by atoms with Gasteiger partial charge in [0.2, 0.25) is 0 Å². The second-order valence-electron chi connectivity index (χ2n) is 6.63. The third-order valence-corrected chi connectivity index (χ3v) is 3.64. The van der Waals surface area contributed by atoms with Gasteiger partial charge in [-0.3, -0.25) is 0 Å². The van der Waals surface area contributed by atoms with Crippen LogP contribution >= 0.6 is 11.6 Å². The zero-order valence-electron chi connectivity index (χ0n) is 13.6. The zero-order chi connectivity index (χ0) is 18.1. The SMILES string of the molecule is CC(C)(C)OC(=O)N1CC(OCc2ccc(C(F)(F)F)c(Cl)c2)C1. The lowest BCUT2D eigenvalue weighted by molar-refractivity contribution is -0.137. The molecule has 1 aliphatic rings. The van der Waals surface area contributed by atoms with Crippen molar-refractivity contribution in [1.82, 2.24) is 4.90 Å². The van der Waals surface area contributed by atoms with E-state index < -0.39 is 23.4 Å². The fourth-order valence-electron chi connectivity index (χ4n) is 2.11. The highest BCUT2D eigenvalue weighted by molar-refractivity contribution is 6.31. The average molecular weight is 366 g/mol. The first-order valence-corrected chi connectivity index (χ1v) is 7.78. The molecule has 0 unspecified atom stereocenters. The Kier molecular flexibility index (Phi) is 5.34. The monoisotopic (exact) mass is 365 g/mol. The third kappa shape index (κ3) is 5.01. The van der Waals surface area contributed by atoms with Crippen LogP contribution in [0.2, 0.25) is 5.02 Å². The molecule has 0 aromatic heterocycles. The lowest BCUT2D eigenvalue weighted by atomic mass is 10.1. The summed E-state index contributed by atoms with van der Waals surface area (Å²) < 4.78 is 48.7. The Morgan fingerprint density at radius 1 is 1.29 bits per heavy atom.